The third-order valence-corrected chi connectivity index (χ3v) is 5.81. The van der Waals surface area contributed by atoms with Crippen molar-refractivity contribution in [1.82, 2.24) is 21.0 Å². The SMILES string of the molecule is Cc1nc(-c2ccc(OCC(C)C)c(C#N)c2)sc1C(=O)NNN1CCCCC1. The zero-order chi connectivity index (χ0) is 20.8. The van der Waals surface area contributed by atoms with Crippen LogP contribution in [0, 0.1) is 24.2 Å². The van der Waals surface area contributed by atoms with E-state index in [0.29, 0.717) is 39.4 Å². The Morgan fingerprint density at radius 1 is 1.34 bits per heavy atom. The molecular weight excluding hydrogens is 386 g/mol. The van der Waals surface area contributed by atoms with Crippen molar-refractivity contribution in [3.63, 3.8) is 0 Å². The largest absolute Gasteiger partial charge is 0.492 e. The number of nitrogens with one attached hydrogen (secondary N) is 2. The number of carbonyl (C=O) groups excluding carboxylic acids is 1. The quantitative estimate of drug-likeness (QED) is 0.673. The van der Waals surface area contributed by atoms with Crippen LogP contribution >= 0.6 is 11.3 Å². The Kier molecular flexibility index (Phi) is 7.20. The zero-order valence-corrected chi connectivity index (χ0v) is 17.9. The van der Waals surface area contributed by atoms with Gasteiger partial charge < -0.3 is 4.74 Å². The number of nitriles is 1. The number of hydrogen-bond donors (Lipinski definition) is 2. The Bertz CT molecular complexity index is 897. The first-order chi connectivity index (χ1) is 14.0. The standard InChI is InChI=1S/C21H27N5O2S/c1-14(2)13-28-18-8-7-16(11-17(18)12-22)21-23-15(3)19(29-21)20(27)24-25-26-9-5-4-6-10-26/h7-8,11,14,25H,4-6,9-10,13H2,1-3H3,(H,24,27). The van der Waals surface area contributed by atoms with E-state index >= 15 is 0 Å². The summed E-state index contributed by atoms with van der Waals surface area (Å²) in [6, 6.07) is 7.63. The second-order valence-electron chi connectivity index (χ2n) is 7.57. The van der Waals surface area contributed by atoms with Gasteiger partial charge in [-0.15, -0.1) is 11.3 Å². The number of aryl methyl sites for hydroxylation is 1. The van der Waals surface area contributed by atoms with Gasteiger partial charge in [-0.2, -0.15) is 10.8 Å². The molecule has 1 amide bonds. The Balaban J connectivity index is 1.71. The molecule has 2 heterocycles. The average Bonchev–Trinajstić information content (AvgIpc) is 3.12. The normalized spacial score (nSPS) is 14.6. The van der Waals surface area contributed by atoms with Gasteiger partial charge in [0, 0.05) is 18.7 Å². The molecule has 1 saturated heterocycles. The molecule has 2 N–H and O–H groups in total. The minimum absolute atomic E-state index is 0.200. The lowest BCUT2D eigenvalue weighted by Crippen LogP contribution is -2.51. The van der Waals surface area contributed by atoms with Gasteiger partial charge in [-0.3, -0.25) is 10.2 Å². The number of hydrazine groups is 2. The van der Waals surface area contributed by atoms with Gasteiger partial charge in [-0.25, -0.2) is 9.99 Å². The summed E-state index contributed by atoms with van der Waals surface area (Å²) in [5.41, 5.74) is 7.70. The molecule has 0 unspecified atom stereocenters. The molecule has 1 aromatic carbocycles. The van der Waals surface area contributed by atoms with Gasteiger partial charge in [0.2, 0.25) is 0 Å². The van der Waals surface area contributed by atoms with Gasteiger partial charge in [0.15, 0.2) is 0 Å². The number of amides is 1. The molecule has 3 rings (SSSR count). The predicted octanol–water partition coefficient (Wildman–Crippen LogP) is 3.66. The van der Waals surface area contributed by atoms with Crippen LogP contribution in [-0.2, 0) is 0 Å². The highest BCUT2D eigenvalue weighted by atomic mass is 32.1. The summed E-state index contributed by atoms with van der Waals surface area (Å²) in [7, 11) is 0. The van der Waals surface area contributed by atoms with Crippen LogP contribution in [0.5, 0.6) is 5.75 Å². The van der Waals surface area contributed by atoms with E-state index in [1.807, 2.05) is 18.0 Å². The van der Waals surface area contributed by atoms with Gasteiger partial charge in [0.05, 0.1) is 17.9 Å². The summed E-state index contributed by atoms with van der Waals surface area (Å²) in [5, 5.41) is 12.2. The van der Waals surface area contributed by atoms with Crippen LogP contribution in [0.15, 0.2) is 18.2 Å². The number of hydrogen-bond acceptors (Lipinski definition) is 7. The Morgan fingerprint density at radius 3 is 2.79 bits per heavy atom. The summed E-state index contributed by atoms with van der Waals surface area (Å²) in [6.45, 7) is 8.35. The first-order valence-corrected chi connectivity index (χ1v) is 10.7. The molecule has 0 bridgehead atoms. The minimum Gasteiger partial charge on any atom is -0.492 e. The Labute approximate surface area is 175 Å². The highest BCUT2D eigenvalue weighted by Gasteiger charge is 2.18. The summed E-state index contributed by atoms with van der Waals surface area (Å²) < 4.78 is 5.72. The van der Waals surface area contributed by atoms with Crippen LogP contribution < -0.4 is 15.7 Å². The molecule has 2 aromatic rings. The Morgan fingerprint density at radius 2 is 2.10 bits per heavy atom. The molecule has 1 fully saturated rings. The van der Waals surface area contributed by atoms with Crippen molar-refractivity contribution in [2.75, 3.05) is 19.7 Å². The third-order valence-electron chi connectivity index (χ3n) is 4.61. The first-order valence-electron chi connectivity index (χ1n) is 9.93. The van der Waals surface area contributed by atoms with E-state index in [1.165, 1.54) is 17.8 Å². The summed E-state index contributed by atoms with van der Waals surface area (Å²) in [6.07, 6.45) is 3.49. The maximum absolute atomic E-state index is 12.6. The lowest BCUT2D eigenvalue weighted by molar-refractivity contribution is 0.0780. The fraction of sp³-hybridized carbons (Fsp3) is 0.476. The number of piperidine rings is 1. The van der Waals surface area contributed by atoms with Gasteiger partial charge >= 0.3 is 0 Å². The van der Waals surface area contributed by atoms with Crippen LogP contribution in [0.25, 0.3) is 10.6 Å². The summed E-state index contributed by atoms with van der Waals surface area (Å²) >= 11 is 1.32. The first kappa shape index (κ1) is 21.2. The Hall–Kier alpha value is -2.47. The molecule has 1 aliphatic rings. The molecule has 0 radical (unpaired) electrons. The maximum atomic E-state index is 12.6. The average molecular weight is 414 g/mol. The molecule has 1 aliphatic heterocycles. The summed E-state index contributed by atoms with van der Waals surface area (Å²) in [5.74, 6) is 0.749. The molecule has 7 nitrogen and oxygen atoms in total. The second-order valence-corrected chi connectivity index (χ2v) is 8.57. The minimum atomic E-state index is -0.200. The lowest BCUT2D eigenvalue weighted by Gasteiger charge is -2.26. The van der Waals surface area contributed by atoms with E-state index < -0.39 is 0 Å². The van der Waals surface area contributed by atoms with E-state index in [-0.39, 0.29) is 5.91 Å². The number of benzene rings is 1. The van der Waals surface area contributed by atoms with Crippen LogP contribution in [0.3, 0.4) is 0 Å². The number of carbonyl (C=O) groups is 1. The van der Waals surface area contributed by atoms with Crippen molar-refractivity contribution in [2.24, 2.45) is 5.92 Å². The van der Waals surface area contributed by atoms with E-state index in [4.69, 9.17) is 4.74 Å². The molecule has 0 saturated carbocycles. The smallest absolute Gasteiger partial charge is 0.278 e. The molecule has 0 spiro atoms. The van der Waals surface area contributed by atoms with Gasteiger partial charge in [0.1, 0.15) is 21.7 Å². The van der Waals surface area contributed by atoms with Gasteiger partial charge in [-0.05, 0) is 43.9 Å². The molecule has 0 atom stereocenters. The van der Waals surface area contributed by atoms with Gasteiger partial charge in [-0.1, -0.05) is 20.3 Å². The molecule has 29 heavy (non-hydrogen) atoms. The van der Waals surface area contributed by atoms with Gasteiger partial charge in [0.25, 0.3) is 5.91 Å². The van der Waals surface area contributed by atoms with Crippen molar-refractivity contribution in [3.8, 4) is 22.4 Å². The lowest BCUT2D eigenvalue weighted by atomic mass is 10.1. The fourth-order valence-electron chi connectivity index (χ4n) is 3.06. The van der Waals surface area contributed by atoms with E-state index in [2.05, 4.69) is 35.9 Å². The van der Waals surface area contributed by atoms with Crippen LogP contribution in [0.2, 0.25) is 0 Å². The van der Waals surface area contributed by atoms with E-state index in [9.17, 15) is 10.1 Å². The second kappa shape index (κ2) is 9.83. The molecule has 0 aliphatic carbocycles. The predicted molar refractivity (Wildman–Crippen MR) is 113 cm³/mol. The molecule has 1 aromatic heterocycles. The monoisotopic (exact) mass is 413 g/mol. The number of rotatable bonds is 7. The fourth-order valence-corrected chi connectivity index (χ4v) is 4.01. The van der Waals surface area contributed by atoms with Crippen LogP contribution in [0.4, 0.5) is 0 Å². The van der Waals surface area contributed by atoms with E-state index in [0.717, 1.165) is 31.5 Å². The van der Waals surface area contributed by atoms with E-state index in [1.54, 1.807) is 12.1 Å². The molecular formula is C21H27N5O2S. The number of nitrogens with zero attached hydrogens (tertiary/aromatic N) is 3. The van der Waals surface area contributed by atoms with Crippen molar-refractivity contribution in [1.29, 1.82) is 5.26 Å². The van der Waals surface area contributed by atoms with Crippen molar-refractivity contribution >= 4 is 17.2 Å². The highest BCUT2D eigenvalue weighted by molar-refractivity contribution is 7.17. The highest BCUT2D eigenvalue weighted by Crippen LogP contribution is 2.31. The topological polar surface area (TPSA) is 90.3 Å². The molecule has 154 valence electrons. The van der Waals surface area contributed by atoms with Crippen molar-refractivity contribution in [2.45, 2.75) is 40.0 Å². The van der Waals surface area contributed by atoms with Crippen molar-refractivity contribution < 1.29 is 9.53 Å². The number of thiazole rings is 1. The maximum Gasteiger partial charge on any atom is 0.278 e. The number of ether oxygens (including phenoxy) is 1. The zero-order valence-electron chi connectivity index (χ0n) is 17.1. The van der Waals surface area contributed by atoms with Crippen molar-refractivity contribution in [3.05, 3.63) is 34.3 Å². The van der Waals surface area contributed by atoms with Crippen LogP contribution in [-0.4, -0.2) is 35.6 Å². The summed E-state index contributed by atoms with van der Waals surface area (Å²) in [4.78, 5) is 17.7. The number of aromatic nitrogens is 1. The van der Waals surface area contributed by atoms with Crippen LogP contribution in [0.1, 0.15) is 54.0 Å². The molecule has 8 heteroatoms. The third kappa shape index (κ3) is 5.54.